The van der Waals surface area contributed by atoms with Crippen LogP contribution in [0.4, 0.5) is 11.9 Å². The van der Waals surface area contributed by atoms with Gasteiger partial charge in [0.25, 0.3) is 0 Å². The molecule has 0 spiro atoms. The maximum Gasteiger partial charge on any atom is 0.241 e. The number of hydrogen-bond donors (Lipinski definition) is 1. The van der Waals surface area contributed by atoms with Gasteiger partial charge in [0.1, 0.15) is 6.33 Å². The minimum Gasteiger partial charge on any atom is -0.354 e. The lowest BCUT2D eigenvalue weighted by molar-refractivity contribution is 0.397. The van der Waals surface area contributed by atoms with Crippen LogP contribution in [0.3, 0.4) is 0 Å². The number of rotatable bonds is 6. The molecule has 1 aliphatic rings. The highest BCUT2D eigenvalue weighted by atomic mass is 15.3. The van der Waals surface area contributed by atoms with E-state index in [0.29, 0.717) is 17.9 Å². The molecule has 7 nitrogen and oxygen atoms in total. The molecule has 0 radical (unpaired) electrons. The Morgan fingerprint density at radius 1 is 1.33 bits per heavy atom. The second kappa shape index (κ2) is 6.07. The van der Waals surface area contributed by atoms with Crippen LogP contribution in [-0.2, 0) is 0 Å². The first kappa shape index (κ1) is 13.8. The van der Waals surface area contributed by atoms with Gasteiger partial charge >= 0.3 is 0 Å². The molecular formula is C14H21N7. The lowest BCUT2D eigenvalue weighted by atomic mass is 9.92. The fourth-order valence-corrected chi connectivity index (χ4v) is 2.26. The van der Waals surface area contributed by atoms with Crippen molar-refractivity contribution in [1.29, 1.82) is 0 Å². The summed E-state index contributed by atoms with van der Waals surface area (Å²) in [6.07, 6.45) is 9.99. The molecule has 2 aromatic heterocycles. The summed E-state index contributed by atoms with van der Waals surface area (Å²) in [5, 5.41) is 3.24. The lowest BCUT2D eigenvalue weighted by Crippen LogP contribution is -2.38. The summed E-state index contributed by atoms with van der Waals surface area (Å²) < 4.78 is 1.80. The van der Waals surface area contributed by atoms with Crippen LogP contribution in [0.1, 0.15) is 32.6 Å². The molecule has 0 amide bonds. The van der Waals surface area contributed by atoms with Gasteiger partial charge in [0.15, 0.2) is 0 Å². The van der Waals surface area contributed by atoms with Gasteiger partial charge in [-0.3, -0.25) is 4.57 Å². The third kappa shape index (κ3) is 2.96. The predicted octanol–water partition coefficient (Wildman–Crippen LogP) is 1.87. The van der Waals surface area contributed by atoms with Crippen molar-refractivity contribution in [2.75, 3.05) is 23.8 Å². The van der Waals surface area contributed by atoms with Crippen LogP contribution in [0.25, 0.3) is 5.95 Å². The minimum atomic E-state index is 0.544. The molecule has 0 saturated heterocycles. The summed E-state index contributed by atoms with van der Waals surface area (Å²) in [5.41, 5.74) is 0. The van der Waals surface area contributed by atoms with E-state index in [9.17, 15) is 0 Å². The molecule has 0 atom stereocenters. The Balaban J connectivity index is 1.92. The Bertz CT molecular complexity index is 577. The summed E-state index contributed by atoms with van der Waals surface area (Å²) in [4.78, 5) is 19.8. The van der Waals surface area contributed by atoms with E-state index in [-0.39, 0.29) is 0 Å². The average Bonchev–Trinajstić information content (AvgIpc) is 2.97. The van der Waals surface area contributed by atoms with Crippen molar-refractivity contribution in [3.8, 4) is 5.95 Å². The van der Waals surface area contributed by atoms with Crippen molar-refractivity contribution >= 4 is 11.9 Å². The molecule has 112 valence electrons. The van der Waals surface area contributed by atoms with Gasteiger partial charge in [-0.05, 0) is 25.7 Å². The molecule has 1 N–H and O–H groups in total. The highest BCUT2D eigenvalue weighted by Gasteiger charge is 2.24. The molecule has 3 rings (SSSR count). The zero-order valence-electron chi connectivity index (χ0n) is 12.5. The molecule has 7 heteroatoms. The first-order valence-corrected chi connectivity index (χ1v) is 7.49. The van der Waals surface area contributed by atoms with Crippen molar-refractivity contribution < 1.29 is 0 Å². The largest absolute Gasteiger partial charge is 0.354 e. The topological polar surface area (TPSA) is 71.8 Å². The number of imidazole rings is 1. The first-order chi connectivity index (χ1) is 10.3. The molecule has 2 heterocycles. The van der Waals surface area contributed by atoms with E-state index in [2.05, 4.69) is 44.1 Å². The van der Waals surface area contributed by atoms with E-state index >= 15 is 0 Å². The molecule has 21 heavy (non-hydrogen) atoms. The molecule has 0 aromatic carbocycles. The Kier molecular flexibility index (Phi) is 3.98. The number of nitrogens with zero attached hydrogens (tertiary/aromatic N) is 6. The summed E-state index contributed by atoms with van der Waals surface area (Å²) >= 11 is 0. The minimum absolute atomic E-state index is 0.544. The maximum absolute atomic E-state index is 4.57. The van der Waals surface area contributed by atoms with Crippen LogP contribution in [-0.4, -0.2) is 44.1 Å². The standard InChI is InChI=1S/C14H21N7/c1-3-7-16-12-17-13(20(2)11-5-4-6-11)19-14(18-12)21-9-8-15-10-21/h8-11H,3-7H2,1-2H3,(H,16,17,18,19). The summed E-state index contributed by atoms with van der Waals surface area (Å²) in [6.45, 7) is 2.96. The molecule has 0 bridgehead atoms. The van der Waals surface area contributed by atoms with Crippen molar-refractivity contribution in [1.82, 2.24) is 24.5 Å². The van der Waals surface area contributed by atoms with Crippen LogP contribution in [0.5, 0.6) is 0 Å². The number of nitrogens with one attached hydrogen (secondary N) is 1. The second-order valence-corrected chi connectivity index (χ2v) is 5.35. The average molecular weight is 287 g/mol. The van der Waals surface area contributed by atoms with E-state index in [1.807, 2.05) is 6.20 Å². The summed E-state index contributed by atoms with van der Waals surface area (Å²) in [5.74, 6) is 1.94. The van der Waals surface area contributed by atoms with Crippen molar-refractivity contribution in [2.45, 2.75) is 38.6 Å². The second-order valence-electron chi connectivity index (χ2n) is 5.35. The van der Waals surface area contributed by atoms with Crippen molar-refractivity contribution in [2.24, 2.45) is 0 Å². The first-order valence-electron chi connectivity index (χ1n) is 7.49. The highest BCUT2D eigenvalue weighted by Crippen LogP contribution is 2.26. The van der Waals surface area contributed by atoms with Crippen LogP contribution in [0, 0.1) is 0 Å². The molecule has 1 fully saturated rings. The Labute approximate surface area is 124 Å². The molecule has 2 aromatic rings. The van der Waals surface area contributed by atoms with Crippen molar-refractivity contribution in [3.05, 3.63) is 18.7 Å². The van der Waals surface area contributed by atoms with Gasteiger partial charge in [-0.1, -0.05) is 6.92 Å². The van der Waals surface area contributed by atoms with Crippen LogP contribution >= 0.6 is 0 Å². The van der Waals surface area contributed by atoms with E-state index < -0.39 is 0 Å². The Morgan fingerprint density at radius 2 is 2.19 bits per heavy atom. The molecular weight excluding hydrogens is 266 g/mol. The Hall–Kier alpha value is -2.18. The van der Waals surface area contributed by atoms with E-state index in [4.69, 9.17) is 0 Å². The Morgan fingerprint density at radius 3 is 2.81 bits per heavy atom. The monoisotopic (exact) mass is 287 g/mol. The smallest absolute Gasteiger partial charge is 0.241 e. The summed E-state index contributed by atoms with van der Waals surface area (Å²) in [6, 6.07) is 0.544. The fraction of sp³-hybridized carbons (Fsp3) is 0.571. The van der Waals surface area contributed by atoms with Gasteiger partial charge in [0.2, 0.25) is 17.8 Å². The maximum atomic E-state index is 4.57. The van der Waals surface area contributed by atoms with Crippen LogP contribution in [0.2, 0.25) is 0 Å². The highest BCUT2D eigenvalue weighted by molar-refractivity contribution is 5.40. The molecule has 1 saturated carbocycles. The summed E-state index contributed by atoms with van der Waals surface area (Å²) in [7, 11) is 2.06. The van der Waals surface area contributed by atoms with Crippen molar-refractivity contribution in [3.63, 3.8) is 0 Å². The van der Waals surface area contributed by atoms with Gasteiger partial charge in [-0.15, -0.1) is 0 Å². The molecule has 0 aliphatic heterocycles. The quantitative estimate of drug-likeness (QED) is 0.874. The number of hydrogen-bond acceptors (Lipinski definition) is 6. The van der Waals surface area contributed by atoms with E-state index in [1.54, 1.807) is 17.1 Å². The number of aromatic nitrogens is 5. The van der Waals surface area contributed by atoms with E-state index in [1.165, 1.54) is 19.3 Å². The third-order valence-corrected chi connectivity index (χ3v) is 3.82. The van der Waals surface area contributed by atoms with Gasteiger partial charge in [-0.2, -0.15) is 15.0 Å². The predicted molar refractivity (Wildman–Crippen MR) is 81.8 cm³/mol. The van der Waals surface area contributed by atoms with E-state index in [0.717, 1.165) is 18.9 Å². The molecule has 0 unspecified atom stereocenters. The number of anilines is 2. The van der Waals surface area contributed by atoms with Gasteiger partial charge in [0.05, 0.1) is 0 Å². The molecule has 1 aliphatic carbocycles. The van der Waals surface area contributed by atoms with Crippen LogP contribution < -0.4 is 10.2 Å². The fourth-order valence-electron chi connectivity index (χ4n) is 2.26. The van der Waals surface area contributed by atoms with Gasteiger partial charge < -0.3 is 10.2 Å². The SMILES string of the molecule is CCCNc1nc(N(C)C2CCC2)nc(-n2ccnc2)n1. The third-order valence-electron chi connectivity index (χ3n) is 3.82. The van der Waals surface area contributed by atoms with Gasteiger partial charge in [0, 0.05) is 32.0 Å². The van der Waals surface area contributed by atoms with Gasteiger partial charge in [-0.25, -0.2) is 4.98 Å². The lowest BCUT2D eigenvalue weighted by Gasteiger charge is -2.34. The van der Waals surface area contributed by atoms with Crippen LogP contribution in [0.15, 0.2) is 18.7 Å². The zero-order chi connectivity index (χ0) is 14.7. The zero-order valence-corrected chi connectivity index (χ0v) is 12.5. The normalized spacial score (nSPS) is 14.8.